The van der Waals surface area contributed by atoms with Gasteiger partial charge in [-0.25, -0.2) is 4.98 Å². The van der Waals surface area contributed by atoms with E-state index in [4.69, 9.17) is 0 Å². The third kappa shape index (κ3) is 1.90. The third-order valence-electron chi connectivity index (χ3n) is 3.92. The maximum absolute atomic E-state index is 4.09. The van der Waals surface area contributed by atoms with Crippen LogP contribution in [0.4, 0.5) is 5.69 Å². The van der Waals surface area contributed by atoms with Crippen LogP contribution in [-0.4, -0.2) is 21.5 Å². The number of benzene rings is 1. The Labute approximate surface area is 117 Å². The molecule has 2 N–H and O–H groups in total. The summed E-state index contributed by atoms with van der Waals surface area (Å²) < 4.78 is 0. The Hall–Kier alpha value is -2.49. The number of fused-ring (bicyclic) bond motifs is 1. The van der Waals surface area contributed by atoms with Gasteiger partial charge in [0, 0.05) is 30.8 Å². The second-order valence-electron chi connectivity index (χ2n) is 5.19. The molecule has 0 bridgehead atoms. The fourth-order valence-electron chi connectivity index (χ4n) is 2.87. The van der Waals surface area contributed by atoms with E-state index in [1.54, 1.807) is 6.33 Å². The van der Waals surface area contributed by atoms with Gasteiger partial charge in [0.05, 0.1) is 18.6 Å². The van der Waals surface area contributed by atoms with Gasteiger partial charge in [0.15, 0.2) is 0 Å². The maximum Gasteiger partial charge on any atom is 0.0922 e. The summed E-state index contributed by atoms with van der Waals surface area (Å²) in [6.45, 7) is 1.97. The van der Waals surface area contributed by atoms with Crippen molar-refractivity contribution in [2.24, 2.45) is 0 Å². The van der Waals surface area contributed by atoms with Crippen molar-refractivity contribution in [1.29, 1.82) is 0 Å². The molecule has 0 spiro atoms. The minimum atomic E-state index is 0.892. The van der Waals surface area contributed by atoms with E-state index in [0.29, 0.717) is 0 Å². The zero-order valence-corrected chi connectivity index (χ0v) is 11.1. The number of rotatable bonds is 3. The molecule has 0 fully saturated rings. The van der Waals surface area contributed by atoms with E-state index >= 15 is 0 Å². The summed E-state index contributed by atoms with van der Waals surface area (Å²) >= 11 is 0. The topological polar surface area (TPSA) is 47.7 Å². The highest BCUT2D eigenvalue weighted by Crippen LogP contribution is 2.33. The first kappa shape index (κ1) is 11.3. The first-order valence-electron chi connectivity index (χ1n) is 6.88. The Morgan fingerprint density at radius 2 is 2.20 bits per heavy atom. The molecule has 3 heterocycles. The minimum absolute atomic E-state index is 0.892. The molecule has 1 aliphatic rings. The van der Waals surface area contributed by atoms with Crippen molar-refractivity contribution < 1.29 is 0 Å². The molecule has 1 aromatic carbocycles. The van der Waals surface area contributed by atoms with E-state index < -0.39 is 0 Å². The largest absolute Gasteiger partial charge is 0.367 e. The minimum Gasteiger partial charge on any atom is -0.367 e. The fraction of sp³-hybridized carbons (Fsp3) is 0.188. The van der Waals surface area contributed by atoms with E-state index in [9.17, 15) is 0 Å². The predicted octanol–water partition coefficient (Wildman–Crippen LogP) is 2.97. The molecule has 4 nitrogen and oxygen atoms in total. The van der Waals surface area contributed by atoms with Crippen LogP contribution >= 0.6 is 0 Å². The molecule has 0 unspecified atom stereocenters. The summed E-state index contributed by atoms with van der Waals surface area (Å²) in [7, 11) is 0. The lowest BCUT2D eigenvalue weighted by Gasteiger charge is -2.19. The second kappa shape index (κ2) is 4.56. The normalized spacial score (nSPS) is 13.7. The van der Waals surface area contributed by atoms with Gasteiger partial charge in [-0.1, -0.05) is 12.1 Å². The molecule has 4 rings (SSSR count). The average Bonchev–Trinajstić information content (AvgIpc) is 3.20. The van der Waals surface area contributed by atoms with Crippen LogP contribution < -0.4 is 4.90 Å². The Bertz CT molecular complexity index is 698. The molecule has 0 atom stereocenters. The highest BCUT2D eigenvalue weighted by atomic mass is 15.2. The smallest absolute Gasteiger partial charge is 0.0922 e. The van der Waals surface area contributed by atoms with Gasteiger partial charge in [-0.2, -0.15) is 0 Å². The van der Waals surface area contributed by atoms with E-state index in [0.717, 1.165) is 25.2 Å². The standard InChI is InChI=1S/C16H16N4/c1-2-13(14-3-5-17-8-14)7-16-12(1)4-6-20(16)10-15-9-18-11-19-15/h1-3,5,7-9,11,17H,4,6,10H2,(H,18,19). The Morgan fingerprint density at radius 3 is 3.00 bits per heavy atom. The number of anilines is 1. The number of aromatic nitrogens is 3. The van der Waals surface area contributed by atoms with Crippen molar-refractivity contribution in [3.05, 3.63) is 60.4 Å². The number of hydrogen-bond acceptors (Lipinski definition) is 2. The van der Waals surface area contributed by atoms with E-state index in [1.807, 2.05) is 18.6 Å². The monoisotopic (exact) mass is 264 g/mol. The Balaban J connectivity index is 1.67. The zero-order chi connectivity index (χ0) is 13.4. The molecule has 4 heteroatoms. The van der Waals surface area contributed by atoms with Crippen LogP contribution in [0.5, 0.6) is 0 Å². The molecule has 2 aromatic heterocycles. The predicted molar refractivity (Wildman–Crippen MR) is 79.6 cm³/mol. The van der Waals surface area contributed by atoms with Gasteiger partial charge < -0.3 is 14.9 Å². The first-order chi connectivity index (χ1) is 9.90. The van der Waals surface area contributed by atoms with Gasteiger partial charge >= 0.3 is 0 Å². The van der Waals surface area contributed by atoms with Crippen molar-refractivity contribution in [2.75, 3.05) is 11.4 Å². The quantitative estimate of drug-likeness (QED) is 0.764. The molecule has 100 valence electrons. The molecule has 0 saturated heterocycles. The molecule has 1 aliphatic heterocycles. The van der Waals surface area contributed by atoms with E-state index in [-0.39, 0.29) is 0 Å². The SMILES string of the molecule is c1cc(-c2ccc3c(c2)N(Cc2cnc[nH]2)CC3)c[nH]1. The summed E-state index contributed by atoms with van der Waals surface area (Å²) in [5.74, 6) is 0. The number of H-pyrrole nitrogens is 2. The lowest BCUT2D eigenvalue weighted by atomic mass is 10.0. The lowest BCUT2D eigenvalue weighted by molar-refractivity contribution is 0.819. The number of imidazole rings is 1. The summed E-state index contributed by atoms with van der Waals surface area (Å²) in [6.07, 6.45) is 8.76. The third-order valence-corrected chi connectivity index (χ3v) is 3.92. The molecular weight excluding hydrogens is 248 g/mol. The van der Waals surface area contributed by atoms with Crippen LogP contribution in [-0.2, 0) is 13.0 Å². The van der Waals surface area contributed by atoms with Gasteiger partial charge in [-0.3, -0.25) is 0 Å². The van der Waals surface area contributed by atoms with Crippen LogP contribution in [0.25, 0.3) is 11.1 Å². The van der Waals surface area contributed by atoms with Crippen LogP contribution in [0.3, 0.4) is 0 Å². The maximum atomic E-state index is 4.09. The Kier molecular flexibility index (Phi) is 2.59. The highest BCUT2D eigenvalue weighted by Gasteiger charge is 2.20. The molecule has 0 saturated carbocycles. The van der Waals surface area contributed by atoms with Crippen molar-refractivity contribution in [1.82, 2.24) is 15.0 Å². The first-order valence-corrected chi connectivity index (χ1v) is 6.88. The van der Waals surface area contributed by atoms with E-state index in [2.05, 4.69) is 44.1 Å². The average molecular weight is 264 g/mol. The molecular formula is C16H16N4. The molecule has 0 amide bonds. The second-order valence-corrected chi connectivity index (χ2v) is 5.19. The van der Waals surface area contributed by atoms with Crippen LogP contribution in [0.15, 0.2) is 49.2 Å². The number of nitrogens with one attached hydrogen (secondary N) is 2. The molecule has 3 aromatic rings. The van der Waals surface area contributed by atoms with Gasteiger partial charge in [0.2, 0.25) is 0 Å². The molecule has 20 heavy (non-hydrogen) atoms. The van der Waals surface area contributed by atoms with Crippen molar-refractivity contribution in [3.8, 4) is 11.1 Å². The van der Waals surface area contributed by atoms with Crippen LogP contribution in [0.2, 0.25) is 0 Å². The van der Waals surface area contributed by atoms with Gasteiger partial charge in [0.25, 0.3) is 0 Å². The summed E-state index contributed by atoms with van der Waals surface area (Å²) in [4.78, 5) is 12.8. The number of hydrogen-bond donors (Lipinski definition) is 2. The number of nitrogens with zero attached hydrogens (tertiary/aromatic N) is 2. The lowest BCUT2D eigenvalue weighted by Crippen LogP contribution is -2.19. The summed E-state index contributed by atoms with van der Waals surface area (Å²) in [5, 5.41) is 0. The summed E-state index contributed by atoms with van der Waals surface area (Å²) in [5.41, 5.74) is 6.44. The van der Waals surface area contributed by atoms with Crippen molar-refractivity contribution in [3.63, 3.8) is 0 Å². The summed E-state index contributed by atoms with van der Waals surface area (Å²) in [6, 6.07) is 8.87. The van der Waals surface area contributed by atoms with Crippen molar-refractivity contribution >= 4 is 5.69 Å². The van der Waals surface area contributed by atoms with Gasteiger partial charge in [-0.05, 0) is 35.2 Å². The molecule has 0 aliphatic carbocycles. The van der Waals surface area contributed by atoms with E-state index in [1.165, 1.54) is 22.4 Å². The van der Waals surface area contributed by atoms with Gasteiger partial charge in [0.1, 0.15) is 0 Å². The van der Waals surface area contributed by atoms with Crippen LogP contribution in [0.1, 0.15) is 11.3 Å². The molecule has 0 radical (unpaired) electrons. The highest BCUT2D eigenvalue weighted by molar-refractivity contribution is 5.71. The Morgan fingerprint density at radius 1 is 1.20 bits per heavy atom. The zero-order valence-electron chi connectivity index (χ0n) is 11.1. The number of aromatic amines is 2. The van der Waals surface area contributed by atoms with Crippen molar-refractivity contribution in [2.45, 2.75) is 13.0 Å². The fourth-order valence-corrected chi connectivity index (χ4v) is 2.87. The van der Waals surface area contributed by atoms with Crippen LogP contribution in [0, 0.1) is 0 Å². The van der Waals surface area contributed by atoms with Gasteiger partial charge in [-0.15, -0.1) is 0 Å².